The number of aryl methyl sites for hydroxylation is 1. The molecule has 0 unspecified atom stereocenters. The lowest BCUT2D eigenvalue weighted by molar-refractivity contribution is -0.149. The van der Waals surface area contributed by atoms with Gasteiger partial charge in [-0.05, 0) is 44.0 Å². The maximum atomic E-state index is 12.2. The van der Waals surface area contributed by atoms with E-state index in [1.165, 1.54) is 4.90 Å². The molecule has 0 bridgehead atoms. The lowest BCUT2D eigenvalue weighted by Crippen LogP contribution is -2.39. The van der Waals surface area contributed by atoms with Crippen LogP contribution in [0.3, 0.4) is 0 Å². The predicted molar refractivity (Wildman–Crippen MR) is 85.2 cm³/mol. The van der Waals surface area contributed by atoms with Gasteiger partial charge in [-0.2, -0.15) is 0 Å². The molecular weight excluding hydrogens is 306 g/mol. The van der Waals surface area contributed by atoms with E-state index in [0.717, 1.165) is 12.0 Å². The Kier molecular flexibility index (Phi) is 7.74. The maximum Gasteiger partial charge on any atom is 0.325 e. The molecule has 1 aromatic carbocycles. The van der Waals surface area contributed by atoms with Crippen molar-refractivity contribution in [1.82, 2.24) is 4.90 Å². The molecule has 0 spiro atoms. The van der Waals surface area contributed by atoms with E-state index in [2.05, 4.69) is 0 Å². The summed E-state index contributed by atoms with van der Waals surface area (Å²) in [5, 5.41) is 0.647. The number of esters is 1. The molecule has 0 aliphatic heterocycles. The number of hydrogen-bond donors (Lipinski definition) is 0. The fourth-order valence-electron chi connectivity index (χ4n) is 1.87. The van der Waals surface area contributed by atoms with Crippen molar-refractivity contribution in [2.45, 2.75) is 27.2 Å². The first kappa shape index (κ1) is 18.3. The third kappa shape index (κ3) is 5.93. The summed E-state index contributed by atoms with van der Waals surface area (Å²) in [6.45, 7) is 6.14. The summed E-state index contributed by atoms with van der Waals surface area (Å²) >= 11 is 5.94. The molecule has 0 saturated carbocycles. The third-order valence-corrected chi connectivity index (χ3v) is 3.39. The summed E-state index contributed by atoms with van der Waals surface area (Å²) in [6, 6.07) is 5.20. The Morgan fingerprint density at radius 2 is 2.00 bits per heavy atom. The van der Waals surface area contributed by atoms with Crippen LogP contribution in [0.1, 0.15) is 25.8 Å². The van der Waals surface area contributed by atoms with E-state index in [1.54, 1.807) is 25.1 Å². The van der Waals surface area contributed by atoms with Gasteiger partial charge < -0.3 is 14.4 Å². The molecule has 0 saturated heterocycles. The zero-order valence-corrected chi connectivity index (χ0v) is 14.0. The van der Waals surface area contributed by atoms with Gasteiger partial charge in [-0.15, -0.1) is 0 Å². The molecular formula is C16H22ClNO4. The summed E-state index contributed by atoms with van der Waals surface area (Å²) in [7, 11) is 0. The SMILES string of the molecule is CCCN(CC(=O)OCC)C(=O)COc1ccc(Cl)c(C)c1. The molecule has 0 atom stereocenters. The second-order valence-corrected chi connectivity index (χ2v) is 5.23. The molecule has 22 heavy (non-hydrogen) atoms. The number of amides is 1. The molecule has 122 valence electrons. The van der Waals surface area contributed by atoms with Crippen molar-refractivity contribution >= 4 is 23.5 Å². The number of carbonyl (C=O) groups excluding carboxylic acids is 2. The Labute approximate surface area is 136 Å². The molecule has 6 heteroatoms. The van der Waals surface area contributed by atoms with Gasteiger partial charge >= 0.3 is 5.97 Å². The van der Waals surface area contributed by atoms with Gasteiger partial charge in [0.05, 0.1) is 6.61 Å². The van der Waals surface area contributed by atoms with Crippen LogP contribution in [0.25, 0.3) is 0 Å². The average molecular weight is 328 g/mol. The number of hydrogen-bond acceptors (Lipinski definition) is 4. The highest BCUT2D eigenvalue weighted by atomic mass is 35.5. The highest BCUT2D eigenvalue weighted by Crippen LogP contribution is 2.21. The molecule has 1 rings (SSSR count). The van der Waals surface area contributed by atoms with Gasteiger partial charge in [-0.25, -0.2) is 0 Å². The Balaban J connectivity index is 2.58. The van der Waals surface area contributed by atoms with Gasteiger partial charge in [0, 0.05) is 11.6 Å². The lowest BCUT2D eigenvalue weighted by Gasteiger charge is -2.21. The minimum Gasteiger partial charge on any atom is -0.484 e. The Morgan fingerprint density at radius 1 is 1.27 bits per heavy atom. The van der Waals surface area contributed by atoms with Crippen LogP contribution in [-0.2, 0) is 14.3 Å². The van der Waals surface area contributed by atoms with Gasteiger partial charge in [0.1, 0.15) is 12.3 Å². The second-order valence-electron chi connectivity index (χ2n) is 4.82. The fraction of sp³-hybridized carbons (Fsp3) is 0.500. The molecule has 0 heterocycles. The first-order valence-electron chi connectivity index (χ1n) is 7.30. The van der Waals surface area contributed by atoms with Crippen molar-refractivity contribution in [3.8, 4) is 5.75 Å². The van der Waals surface area contributed by atoms with Gasteiger partial charge in [-0.3, -0.25) is 9.59 Å². The maximum absolute atomic E-state index is 12.2. The first-order valence-corrected chi connectivity index (χ1v) is 7.68. The van der Waals surface area contributed by atoms with Crippen molar-refractivity contribution in [3.63, 3.8) is 0 Å². The van der Waals surface area contributed by atoms with E-state index in [1.807, 2.05) is 13.8 Å². The van der Waals surface area contributed by atoms with Crippen LogP contribution >= 0.6 is 11.6 Å². The monoisotopic (exact) mass is 327 g/mol. The molecule has 1 amide bonds. The minimum atomic E-state index is -0.411. The van der Waals surface area contributed by atoms with Crippen LogP contribution in [0.5, 0.6) is 5.75 Å². The number of nitrogens with zero attached hydrogens (tertiary/aromatic N) is 1. The number of rotatable bonds is 8. The Hall–Kier alpha value is -1.75. The van der Waals surface area contributed by atoms with Crippen LogP contribution < -0.4 is 4.74 Å². The molecule has 5 nitrogen and oxygen atoms in total. The third-order valence-electron chi connectivity index (χ3n) is 2.96. The van der Waals surface area contributed by atoms with Gasteiger partial charge in [0.25, 0.3) is 5.91 Å². The normalized spacial score (nSPS) is 10.2. The van der Waals surface area contributed by atoms with Crippen molar-refractivity contribution in [2.24, 2.45) is 0 Å². The number of benzene rings is 1. The topological polar surface area (TPSA) is 55.8 Å². The fourth-order valence-corrected chi connectivity index (χ4v) is 1.99. The number of carbonyl (C=O) groups is 2. The average Bonchev–Trinajstić information content (AvgIpc) is 2.48. The van der Waals surface area contributed by atoms with Gasteiger partial charge in [0.2, 0.25) is 0 Å². The van der Waals surface area contributed by atoms with E-state index in [0.29, 0.717) is 23.9 Å². The molecule has 0 aliphatic rings. The molecule has 0 aromatic heterocycles. The molecule has 0 N–H and O–H groups in total. The highest BCUT2D eigenvalue weighted by molar-refractivity contribution is 6.31. The molecule has 0 radical (unpaired) electrons. The first-order chi connectivity index (χ1) is 10.5. The van der Waals surface area contributed by atoms with Gasteiger partial charge in [-0.1, -0.05) is 18.5 Å². The van der Waals surface area contributed by atoms with E-state index >= 15 is 0 Å². The molecule has 0 aliphatic carbocycles. The van der Waals surface area contributed by atoms with Crippen molar-refractivity contribution in [1.29, 1.82) is 0 Å². The highest BCUT2D eigenvalue weighted by Gasteiger charge is 2.17. The minimum absolute atomic E-state index is 0.0521. The Bertz CT molecular complexity index is 519. The van der Waals surface area contributed by atoms with E-state index in [4.69, 9.17) is 21.1 Å². The number of ether oxygens (including phenoxy) is 2. The smallest absolute Gasteiger partial charge is 0.325 e. The van der Waals surface area contributed by atoms with Crippen LogP contribution in [-0.4, -0.2) is 43.1 Å². The van der Waals surface area contributed by atoms with E-state index in [9.17, 15) is 9.59 Å². The quantitative estimate of drug-likeness (QED) is 0.689. The van der Waals surface area contributed by atoms with Crippen LogP contribution in [0.4, 0.5) is 0 Å². The predicted octanol–water partition coefficient (Wildman–Crippen LogP) is 2.83. The van der Waals surface area contributed by atoms with Crippen molar-refractivity contribution < 1.29 is 19.1 Å². The standard InChI is InChI=1S/C16H22ClNO4/c1-4-8-18(10-16(20)21-5-2)15(19)11-22-13-6-7-14(17)12(3)9-13/h6-7,9H,4-5,8,10-11H2,1-3H3. The van der Waals surface area contributed by atoms with Crippen molar-refractivity contribution in [3.05, 3.63) is 28.8 Å². The van der Waals surface area contributed by atoms with E-state index < -0.39 is 5.97 Å². The summed E-state index contributed by atoms with van der Waals surface area (Å²) in [5.74, 6) is -0.0861. The van der Waals surface area contributed by atoms with Crippen LogP contribution in [0.2, 0.25) is 5.02 Å². The molecule has 0 fully saturated rings. The van der Waals surface area contributed by atoms with Crippen LogP contribution in [0.15, 0.2) is 18.2 Å². The summed E-state index contributed by atoms with van der Waals surface area (Å²) < 4.78 is 10.3. The second kappa shape index (κ2) is 9.30. The zero-order valence-electron chi connectivity index (χ0n) is 13.2. The van der Waals surface area contributed by atoms with Crippen molar-refractivity contribution in [2.75, 3.05) is 26.3 Å². The summed E-state index contributed by atoms with van der Waals surface area (Å²) in [5.41, 5.74) is 0.878. The zero-order chi connectivity index (χ0) is 16.5. The van der Waals surface area contributed by atoms with E-state index in [-0.39, 0.29) is 19.1 Å². The largest absolute Gasteiger partial charge is 0.484 e. The summed E-state index contributed by atoms with van der Waals surface area (Å²) in [4.78, 5) is 25.1. The van der Waals surface area contributed by atoms with Crippen LogP contribution in [0, 0.1) is 6.92 Å². The number of halogens is 1. The summed E-state index contributed by atoms with van der Waals surface area (Å²) in [6.07, 6.45) is 0.755. The Morgan fingerprint density at radius 3 is 2.59 bits per heavy atom. The lowest BCUT2D eigenvalue weighted by atomic mass is 10.2. The van der Waals surface area contributed by atoms with Gasteiger partial charge in [0.15, 0.2) is 6.61 Å². The molecule has 1 aromatic rings.